The van der Waals surface area contributed by atoms with Crippen molar-refractivity contribution in [2.75, 3.05) is 39.6 Å². The van der Waals surface area contributed by atoms with Crippen molar-refractivity contribution >= 4 is 39.5 Å². The van der Waals surface area contributed by atoms with Gasteiger partial charge < -0.3 is 33.8 Å². The molecule has 0 aromatic rings. The van der Waals surface area contributed by atoms with Gasteiger partial charge in [-0.05, 0) is 63.2 Å². The van der Waals surface area contributed by atoms with Crippen molar-refractivity contribution in [3.05, 3.63) is 24.3 Å². The summed E-state index contributed by atoms with van der Waals surface area (Å²) >= 11 is 0. The summed E-state index contributed by atoms with van der Waals surface area (Å²) in [6.07, 6.45) is 56.5. The maximum Gasteiger partial charge on any atom is 0.472 e. The number of hydrogen-bond donors (Lipinski definition) is 3. The van der Waals surface area contributed by atoms with E-state index < -0.39 is 97.5 Å². The molecule has 0 aromatic carbocycles. The Morgan fingerprint density at radius 2 is 0.628 bits per heavy atom. The van der Waals surface area contributed by atoms with Crippen molar-refractivity contribution in [1.82, 2.24) is 0 Å². The number of hydrogen-bond acceptors (Lipinski definition) is 15. The average Bonchev–Trinajstić information content (AvgIpc) is 1.94. The number of phosphoric ester groups is 2. The van der Waals surface area contributed by atoms with Gasteiger partial charge in [0.25, 0.3) is 0 Å². The maximum atomic E-state index is 13.1. The number of rotatable bonds is 72. The van der Waals surface area contributed by atoms with Crippen LogP contribution in [0.4, 0.5) is 0 Å². The van der Waals surface area contributed by atoms with E-state index in [-0.39, 0.29) is 25.7 Å². The molecule has 0 aliphatic carbocycles. The number of unbranched alkanes of at least 4 members (excludes halogenated alkanes) is 38. The first-order valence-electron chi connectivity index (χ1n) is 38.3. The first-order chi connectivity index (χ1) is 45.4. The Bertz CT molecular complexity index is 1920. The lowest BCUT2D eigenvalue weighted by molar-refractivity contribution is -0.161. The molecule has 0 fully saturated rings. The fourth-order valence-electron chi connectivity index (χ4n) is 10.9. The highest BCUT2D eigenvalue weighted by molar-refractivity contribution is 7.47. The lowest BCUT2D eigenvalue weighted by atomic mass is 9.99. The summed E-state index contributed by atoms with van der Waals surface area (Å²) in [6.45, 7) is 9.43. The molecular formula is C75H142O17P2. The Labute approximate surface area is 573 Å². The lowest BCUT2D eigenvalue weighted by Gasteiger charge is -2.21. The summed E-state index contributed by atoms with van der Waals surface area (Å²) < 4.78 is 68.4. The quantitative estimate of drug-likeness (QED) is 0.0169. The largest absolute Gasteiger partial charge is 0.472 e. The number of aliphatic hydroxyl groups excluding tert-OH is 1. The molecule has 19 heteroatoms. The topological polar surface area (TPSA) is 237 Å². The molecule has 0 saturated heterocycles. The van der Waals surface area contributed by atoms with Gasteiger partial charge in [0.1, 0.15) is 19.3 Å². The zero-order valence-corrected chi connectivity index (χ0v) is 62.5. The number of ether oxygens (including phenoxy) is 4. The van der Waals surface area contributed by atoms with E-state index in [0.29, 0.717) is 31.6 Å². The van der Waals surface area contributed by atoms with Crippen LogP contribution in [0.1, 0.15) is 363 Å². The van der Waals surface area contributed by atoms with Gasteiger partial charge in [-0.1, -0.05) is 310 Å². The number of aliphatic hydroxyl groups is 1. The molecule has 0 aromatic heterocycles. The van der Waals surface area contributed by atoms with Gasteiger partial charge in [0.2, 0.25) is 0 Å². The highest BCUT2D eigenvalue weighted by Crippen LogP contribution is 2.45. The number of esters is 4. The van der Waals surface area contributed by atoms with Crippen molar-refractivity contribution < 1.29 is 80.2 Å². The Morgan fingerprint density at radius 1 is 0.351 bits per heavy atom. The monoisotopic (exact) mass is 1380 g/mol. The third kappa shape index (κ3) is 66.8. The van der Waals surface area contributed by atoms with Crippen molar-refractivity contribution in [3.8, 4) is 0 Å². The van der Waals surface area contributed by atoms with Crippen LogP contribution in [0.15, 0.2) is 24.3 Å². The minimum Gasteiger partial charge on any atom is -0.462 e. The van der Waals surface area contributed by atoms with Crippen molar-refractivity contribution in [3.63, 3.8) is 0 Å². The van der Waals surface area contributed by atoms with Crippen LogP contribution in [-0.2, 0) is 65.4 Å². The van der Waals surface area contributed by atoms with Crippen LogP contribution in [0.5, 0.6) is 0 Å². The molecule has 0 spiro atoms. The minimum atomic E-state index is -4.96. The number of phosphoric acid groups is 2. The van der Waals surface area contributed by atoms with Crippen LogP contribution < -0.4 is 0 Å². The van der Waals surface area contributed by atoms with Crippen LogP contribution in [0, 0.1) is 11.8 Å². The number of carbonyl (C=O) groups is 4. The molecule has 0 amide bonds. The number of allylic oxidation sites excluding steroid dienone is 4. The summed E-state index contributed by atoms with van der Waals surface area (Å²) in [5, 5.41) is 10.6. The second-order valence-electron chi connectivity index (χ2n) is 27.1. The molecule has 0 saturated carbocycles. The van der Waals surface area contributed by atoms with Gasteiger partial charge in [0.05, 0.1) is 26.4 Å². The zero-order chi connectivity index (χ0) is 69.3. The van der Waals surface area contributed by atoms with Gasteiger partial charge in [-0.2, -0.15) is 0 Å². The van der Waals surface area contributed by atoms with Crippen LogP contribution in [0.2, 0.25) is 0 Å². The van der Waals surface area contributed by atoms with Crippen molar-refractivity contribution in [2.45, 2.75) is 381 Å². The van der Waals surface area contributed by atoms with Crippen LogP contribution in [-0.4, -0.2) is 96.7 Å². The first-order valence-corrected chi connectivity index (χ1v) is 41.3. The van der Waals surface area contributed by atoms with Crippen LogP contribution >= 0.6 is 15.6 Å². The molecule has 0 radical (unpaired) electrons. The highest BCUT2D eigenvalue weighted by atomic mass is 31.2. The van der Waals surface area contributed by atoms with Crippen molar-refractivity contribution in [2.24, 2.45) is 11.8 Å². The average molecular weight is 1380 g/mol. The molecule has 6 atom stereocenters. The van der Waals surface area contributed by atoms with E-state index in [1.54, 1.807) is 0 Å². The molecular weight excluding hydrogens is 1230 g/mol. The van der Waals surface area contributed by atoms with Gasteiger partial charge in [0.15, 0.2) is 12.2 Å². The maximum absolute atomic E-state index is 13.1. The summed E-state index contributed by atoms with van der Waals surface area (Å²) in [5.41, 5.74) is 0. The number of carbonyl (C=O) groups excluding carboxylic acids is 4. The molecule has 554 valence electrons. The second-order valence-corrected chi connectivity index (χ2v) is 30.0. The molecule has 0 rings (SSSR count). The fourth-order valence-corrected chi connectivity index (χ4v) is 12.5. The normalized spacial score (nSPS) is 14.5. The highest BCUT2D eigenvalue weighted by Gasteiger charge is 2.30. The van der Waals surface area contributed by atoms with E-state index in [0.717, 1.165) is 121 Å². The predicted octanol–water partition coefficient (Wildman–Crippen LogP) is 21.5. The second kappa shape index (κ2) is 66.4. The third-order valence-electron chi connectivity index (χ3n) is 17.2. The molecule has 94 heavy (non-hydrogen) atoms. The summed E-state index contributed by atoms with van der Waals surface area (Å²) in [7, 11) is -9.92. The standard InChI is InChI=1S/C75H142O17P2/c1-7-10-12-14-16-18-20-22-24-25-26-28-30-32-34-39-47-53-59-74(79)91-70(63-85-72(77)57-51-45-38-33-31-29-27-23-21-19-17-15-13-11-8-2)65-89-93(81,82)87-61-69(76)62-88-94(83,84)90-66-71(64-86-73(78)58-52-46-42-41-43-49-55-67(4)5)92-75(80)60-54-48-40-36-35-37-44-50-56-68(6)9-3/h19,21,23,27,67-71,76H,7-18,20,22,24-26,28-66H2,1-6H3,(H,81,82)(H,83,84)/b21-19-,27-23-/t68?,69-,70-,71-/m1/s1. The molecule has 0 aliphatic rings. The van der Waals surface area contributed by atoms with Gasteiger partial charge in [0, 0.05) is 25.7 Å². The zero-order valence-electron chi connectivity index (χ0n) is 60.7. The molecule has 3 N–H and O–H groups in total. The molecule has 0 heterocycles. The Morgan fingerprint density at radius 3 is 0.957 bits per heavy atom. The fraction of sp³-hybridized carbons (Fsp3) is 0.893. The van der Waals surface area contributed by atoms with Gasteiger partial charge in [-0.15, -0.1) is 0 Å². The van der Waals surface area contributed by atoms with Crippen LogP contribution in [0.3, 0.4) is 0 Å². The van der Waals surface area contributed by atoms with E-state index in [1.165, 1.54) is 154 Å². The van der Waals surface area contributed by atoms with E-state index in [4.69, 9.17) is 37.0 Å². The smallest absolute Gasteiger partial charge is 0.462 e. The molecule has 0 aliphatic heterocycles. The predicted molar refractivity (Wildman–Crippen MR) is 381 cm³/mol. The molecule has 3 unspecified atom stereocenters. The lowest BCUT2D eigenvalue weighted by Crippen LogP contribution is -2.30. The van der Waals surface area contributed by atoms with E-state index in [9.17, 15) is 43.2 Å². The van der Waals surface area contributed by atoms with Crippen LogP contribution in [0.25, 0.3) is 0 Å². The van der Waals surface area contributed by atoms with Crippen molar-refractivity contribution in [1.29, 1.82) is 0 Å². The van der Waals surface area contributed by atoms with Gasteiger partial charge in [-0.3, -0.25) is 37.3 Å². The van der Waals surface area contributed by atoms with Gasteiger partial charge >= 0.3 is 39.5 Å². The SMILES string of the molecule is CCCCCC/C=C\C=C/CCCCCCCC(=O)OC[C@H](COP(=O)(O)OC[C@@H](O)COP(=O)(O)OC[C@@H](COC(=O)CCCCCCCCC(C)C)OC(=O)CCCCCCCCCCC(C)CC)OC(=O)CCCCCCCCCCCCCCCCCCCC. The van der Waals surface area contributed by atoms with E-state index in [1.807, 2.05) is 0 Å². The summed E-state index contributed by atoms with van der Waals surface area (Å²) in [6, 6.07) is 0. The minimum absolute atomic E-state index is 0.101. The first kappa shape index (κ1) is 91.5. The molecule has 0 bridgehead atoms. The summed E-state index contributed by atoms with van der Waals surface area (Å²) in [4.78, 5) is 72.7. The van der Waals surface area contributed by atoms with E-state index in [2.05, 4.69) is 65.8 Å². The third-order valence-corrected chi connectivity index (χ3v) is 19.1. The van der Waals surface area contributed by atoms with E-state index >= 15 is 0 Å². The Hall–Kier alpha value is -2.46. The Balaban J connectivity index is 5.27. The van der Waals surface area contributed by atoms with Gasteiger partial charge in [-0.25, -0.2) is 9.13 Å². The Kier molecular flexibility index (Phi) is 64.7. The molecule has 17 nitrogen and oxygen atoms in total. The summed E-state index contributed by atoms with van der Waals surface area (Å²) in [5.74, 6) is -0.706.